The lowest BCUT2D eigenvalue weighted by Gasteiger charge is -2.34. The normalized spacial score (nSPS) is 15.8. The van der Waals surface area contributed by atoms with Gasteiger partial charge in [-0.05, 0) is 6.54 Å². The van der Waals surface area contributed by atoms with Crippen molar-refractivity contribution < 1.29 is 14.1 Å². The standard InChI is InChI=1S/C14H23N5O3/c1-3-18-6-8-19(9-7-18)14(21)4-5-15-13(20)10-12-16-11(2)22-17-12/h3-10H2,1-2H3,(H,15,20). The second kappa shape index (κ2) is 7.88. The smallest absolute Gasteiger partial charge is 0.227 e. The molecule has 1 aromatic rings. The molecule has 0 atom stereocenters. The Kier molecular flexibility index (Phi) is 5.88. The molecule has 0 saturated carbocycles. The Morgan fingerprint density at radius 1 is 1.27 bits per heavy atom. The molecule has 8 nitrogen and oxygen atoms in total. The number of hydrogen-bond acceptors (Lipinski definition) is 6. The fraction of sp³-hybridized carbons (Fsp3) is 0.714. The first-order valence-electron chi connectivity index (χ1n) is 7.64. The van der Waals surface area contributed by atoms with Crippen molar-refractivity contribution in [3.05, 3.63) is 11.7 Å². The van der Waals surface area contributed by atoms with Crippen LogP contribution >= 0.6 is 0 Å². The number of piperazine rings is 1. The molecule has 2 heterocycles. The molecule has 1 aliphatic heterocycles. The summed E-state index contributed by atoms with van der Waals surface area (Å²) >= 11 is 0. The van der Waals surface area contributed by atoms with E-state index < -0.39 is 0 Å². The summed E-state index contributed by atoms with van der Waals surface area (Å²) in [6, 6.07) is 0. The Balaban J connectivity index is 1.63. The maximum Gasteiger partial charge on any atom is 0.227 e. The molecule has 8 heteroatoms. The first kappa shape index (κ1) is 16.4. The molecule has 1 aliphatic rings. The van der Waals surface area contributed by atoms with Crippen LogP contribution in [0.4, 0.5) is 0 Å². The quantitative estimate of drug-likeness (QED) is 0.768. The highest BCUT2D eigenvalue weighted by Gasteiger charge is 2.19. The van der Waals surface area contributed by atoms with Gasteiger partial charge in [0.2, 0.25) is 17.7 Å². The van der Waals surface area contributed by atoms with Crippen LogP contribution in [0.3, 0.4) is 0 Å². The lowest BCUT2D eigenvalue weighted by Crippen LogP contribution is -2.49. The monoisotopic (exact) mass is 309 g/mol. The van der Waals surface area contributed by atoms with E-state index in [0.717, 1.165) is 32.7 Å². The van der Waals surface area contributed by atoms with E-state index in [9.17, 15) is 9.59 Å². The van der Waals surface area contributed by atoms with Crippen molar-refractivity contribution in [3.8, 4) is 0 Å². The van der Waals surface area contributed by atoms with Crippen molar-refractivity contribution in [1.82, 2.24) is 25.3 Å². The summed E-state index contributed by atoms with van der Waals surface area (Å²) in [6.07, 6.45) is 0.393. The summed E-state index contributed by atoms with van der Waals surface area (Å²) in [5.74, 6) is 0.678. The average molecular weight is 309 g/mol. The van der Waals surface area contributed by atoms with E-state index in [2.05, 4.69) is 27.3 Å². The minimum absolute atomic E-state index is 0.0701. The Bertz CT molecular complexity index is 508. The Morgan fingerprint density at radius 2 is 2.00 bits per heavy atom. The number of amides is 2. The van der Waals surface area contributed by atoms with E-state index >= 15 is 0 Å². The molecule has 2 rings (SSSR count). The highest BCUT2D eigenvalue weighted by molar-refractivity contribution is 5.80. The van der Waals surface area contributed by atoms with E-state index in [1.54, 1.807) is 6.92 Å². The molecule has 1 N–H and O–H groups in total. The second-order valence-electron chi connectivity index (χ2n) is 5.32. The minimum Gasteiger partial charge on any atom is -0.355 e. The number of rotatable bonds is 6. The van der Waals surface area contributed by atoms with Gasteiger partial charge < -0.3 is 19.6 Å². The van der Waals surface area contributed by atoms with E-state index in [4.69, 9.17) is 4.52 Å². The molecule has 0 radical (unpaired) electrons. The van der Waals surface area contributed by atoms with E-state index in [-0.39, 0.29) is 18.2 Å². The van der Waals surface area contributed by atoms with Gasteiger partial charge in [-0.2, -0.15) is 4.98 Å². The topological polar surface area (TPSA) is 91.6 Å². The molecular formula is C14H23N5O3. The molecule has 0 spiro atoms. The number of carbonyl (C=O) groups excluding carboxylic acids is 2. The molecule has 22 heavy (non-hydrogen) atoms. The summed E-state index contributed by atoms with van der Waals surface area (Å²) in [5.41, 5.74) is 0. The van der Waals surface area contributed by atoms with Crippen LogP contribution in [0.2, 0.25) is 0 Å². The molecule has 122 valence electrons. The van der Waals surface area contributed by atoms with Gasteiger partial charge in [0.05, 0.1) is 6.42 Å². The number of carbonyl (C=O) groups is 2. The van der Waals surface area contributed by atoms with Gasteiger partial charge in [0.25, 0.3) is 0 Å². The largest absolute Gasteiger partial charge is 0.355 e. The van der Waals surface area contributed by atoms with Crippen LogP contribution in [-0.4, -0.2) is 71.0 Å². The van der Waals surface area contributed by atoms with E-state index in [0.29, 0.717) is 24.7 Å². The lowest BCUT2D eigenvalue weighted by molar-refractivity contribution is -0.132. The molecule has 2 amide bonds. The number of nitrogens with one attached hydrogen (secondary N) is 1. The number of likely N-dealkylation sites (N-methyl/N-ethyl adjacent to an activating group) is 1. The number of aryl methyl sites for hydroxylation is 1. The molecule has 0 unspecified atom stereocenters. The van der Waals surface area contributed by atoms with E-state index in [1.165, 1.54) is 0 Å². The molecular weight excluding hydrogens is 286 g/mol. The second-order valence-corrected chi connectivity index (χ2v) is 5.32. The van der Waals surface area contributed by atoms with Crippen LogP contribution < -0.4 is 5.32 Å². The molecule has 0 aromatic carbocycles. The third-order valence-electron chi connectivity index (χ3n) is 3.72. The number of aromatic nitrogens is 2. The molecule has 1 fully saturated rings. The fourth-order valence-corrected chi connectivity index (χ4v) is 2.40. The third-order valence-corrected chi connectivity index (χ3v) is 3.72. The summed E-state index contributed by atoms with van der Waals surface area (Å²) in [5, 5.41) is 6.37. The van der Waals surface area contributed by atoms with Gasteiger partial charge in [0.15, 0.2) is 5.82 Å². The Morgan fingerprint density at radius 3 is 2.59 bits per heavy atom. The van der Waals surface area contributed by atoms with Gasteiger partial charge in [-0.15, -0.1) is 0 Å². The van der Waals surface area contributed by atoms with Crippen molar-refractivity contribution in [1.29, 1.82) is 0 Å². The zero-order valence-electron chi connectivity index (χ0n) is 13.2. The molecule has 1 saturated heterocycles. The van der Waals surface area contributed by atoms with Crippen LogP contribution in [0.1, 0.15) is 25.1 Å². The van der Waals surface area contributed by atoms with Gasteiger partial charge in [0, 0.05) is 46.1 Å². The summed E-state index contributed by atoms with van der Waals surface area (Å²) < 4.78 is 4.80. The van der Waals surface area contributed by atoms with Crippen molar-refractivity contribution in [2.24, 2.45) is 0 Å². The number of hydrogen-bond donors (Lipinski definition) is 1. The van der Waals surface area contributed by atoms with Crippen molar-refractivity contribution in [3.63, 3.8) is 0 Å². The number of nitrogens with zero attached hydrogens (tertiary/aromatic N) is 4. The van der Waals surface area contributed by atoms with Crippen molar-refractivity contribution in [2.75, 3.05) is 39.3 Å². The maximum atomic E-state index is 12.1. The predicted molar refractivity (Wildman–Crippen MR) is 79.1 cm³/mol. The molecule has 0 bridgehead atoms. The van der Waals surface area contributed by atoms with Gasteiger partial charge in [0.1, 0.15) is 0 Å². The summed E-state index contributed by atoms with van der Waals surface area (Å²) in [4.78, 5) is 31.9. The molecule has 0 aliphatic carbocycles. The van der Waals surface area contributed by atoms with Crippen LogP contribution in [0, 0.1) is 6.92 Å². The Labute approximate surface area is 129 Å². The van der Waals surface area contributed by atoms with Gasteiger partial charge in [-0.25, -0.2) is 0 Å². The zero-order valence-corrected chi connectivity index (χ0v) is 13.2. The average Bonchev–Trinajstić information content (AvgIpc) is 2.92. The Hall–Kier alpha value is -1.96. The van der Waals surface area contributed by atoms with Crippen LogP contribution in [-0.2, 0) is 16.0 Å². The lowest BCUT2D eigenvalue weighted by atomic mass is 10.2. The zero-order chi connectivity index (χ0) is 15.9. The van der Waals surface area contributed by atoms with Gasteiger partial charge in [-0.3, -0.25) is 9.59 Å². The summed E-state index contributed by atoms with van der Waals surface area (Å²) in [6.45, 7) is 8.53. The fourth-order valence-electron chi connectivity index (χ4n) is 2.40. The van der Waals surface area contributed by atoms with Gasteiger partial charge >= 0.3 is 0 Å². The third kappa shape index (κ3) is 4.80. The van der Waals surface area contributed by atoms with Crippen LogP contribution in [0.15, 0.2) is 4.52 Å². The highest BCUT2D eigenvalue weighted by Crippen LogP contribution is 2.03. The van der Waals surface area contributed by atoms with Crippen LogP contribution in [0.25, 0.3) is 0 Å². The summed E-state index contributed by atoms with van der Waals surface area (Å²) in [7, 11) is 0. The predicted octanol–water partition coefficient (Wildman–Crippen LogP) is -0.409. The van der Waals surface area contributed by atoms with Crippen molar-refractivity contribution >= 4 is 11.8 Å². The van der Waals surface area contributed by atoms with Crippen LogP contribution in [0.5, 0.6) is 0 Å². The SMILES string of the molecule is CCN1CCN(C(=O)CCNC(=O)Cc2noc(C)n2)CC1. The first-order chi connectivity index (χ1) is 10.6. The minimum atomic E-state index is -0.204. The highest BCUT2D eigenvalue weighted by atomic mass is 16.5. The maximum absolute atomic E-state index is 12.1. The van der Waals surface area contributed by atoms with Crippen molar-refractivity contribution in [2.45, 2.75) is 26.7 Å². The van der Waals surface area contributed by atoms with Gasteiger partial charge in [-0.1, -0.05) is 12.1 Å². The molecule has 1 aromatic heterocycles. The first-order valence-corrected chi connectivity index (χ1v) is 7.64. The van der Waals surface area contributed by atoms with E-state index in [1.807, 2.05) is 4.90 Å².